The Morgan fingerprint density at radius 3 is 1.20 bits per heavy atom. The Labute approximate surface area is 714 Å². The molecule has 0 spiro atoms. The number of aryl methyl sites for hydroxylation is 3. The molecule has 5 nitrogen and oxygen atoms in total. The molecule has 0 aromatic heterocycles. The fourth-order valence-corrected chi connectivity index (χ4v) is 11.3. The molecule has 5 N–H and O–H groups in total. The second-order valence-corrected chi connectivity index (χ2v) is 22.7. The fourth-order valence-electron chi connectivity index (χ4n) is 11.3. The van der Waals surface area contributed by atoms with E-state index < -0.39 is 0 Å². The summed E-state index contributed by atoms with van der Waals surface area (Å²) >= 11 is 0. The van der Waals surface area contributed by atoms with Gasteiger partial charge in [-0.25, -0.2) is 0 Å². The molecule has 0 amide bonds. The number of nitrogens with two attached hydrogens (primary N) is 2. The van der Waals surface area contributed by atoms with Gasteiger partial charge in [0, 0.05) is 121 Å². The second kappa shape index (κ2) is 55.5. The summed E-state index contributed by atoms with van der Waals surface area (Å²) in [7, 11) is -0.369. The van der Waals surface area contributed by atoms with Crippen LogP contribution in [-0.4, -0.2) is 18.3 Å². The van der Waals surface area contributed by atoms with Crippen LogP contribution in [0.15, 0.2) is 218 Å². The Hall–Kier alpha value is -5.88. The van der Waals surface area contributed by atoms with E-state index in [1.807, 2.05) is 249 Å². The summed E-state index contributed by atoms with van der Waals surface area (Å²) in [5.74, 6) is 0. The first-order chi connectivity index (χ1) is 49.7. The average Bonchev–Trinajstić information content (AvgIpc) is 1.76. The van der Waals surface area contributed by atoms with Crippen molar-refractivity contribution in [3.8, 4) is 22.3 Å². The SMILES string of the molecule is CC.CC.CC.CC.CC.CC.CC.CC.CC.CC1(C)OB(c2ccccc2N)OC1(C)C.Cc1ccc[c-]c1Cc1[c-]ccc2cccc(-c3ccccc3N)c12.Cc1ccc[c-]c1Cc1[c-]ccc2cccc(C)c12.[Y].[Y].[Y].[c-]1cccc2c1Cc1[c-]ccc3cccc(c13)-c1ccccc1N2. The van der Waals surface area contributed by atoms with E-state index in [0.717, 1.165) is 52.9 Å². The number of hydrogen-bond acceptors (Lipinski definition) is 5. The van der Waals surface area contributed by atoms with Gasteiger partial charge < -0.3 is 26.1 Å². The zero-order valence-electron chi connectivity index (χ0n) is 68.7. The topological polar surface area (TPSA) is 82.5 Å². The third-order valence-corrected chi connectivity index (χ3v) is 16.6. The van der Waals surface area contributed by atoms with Gasteiger partial charge in [0.2, 0.25) is 0 Å². The third-order valence-electron chi connectivity index (χ3n) is 16.6. The molecule has 2 aliphatic heterocycles. The van der Waals surface area contributed by atoms with E-state index in [9.17, 15) is 0 Å². The normalized spacial score (nSPS) is 11.3. The third kappa shape index (κ3) is 28.3. The van der Waals surface area contributed by atoms with Crippen LogP contribution in [0.4, 0.5) is 22.7 Å². The van der Waals surface area contributed by atoms with Crippen molar-refractivity contribution < 1.29 is 107 Å². The van der Waals surface area contributed by atoms with E-state index in [-0.39, 0.29) is 116 Å². The van der Waals surface area contributed by atoms with Gasteiger partial charge in [-0.15, -0.1) is 43.9 Å². The molecule has 3 radical (unpaired) electrons. The molecule has 1 saturated heterocycles. The van der Waals surface area contributed by atoms with Crippen LogP contribution in [0, 0.1) is 57.2 Å². The molecular formula is C96H122BN3O2Y3-6. The number of anilines is 4. The van der Waals surface area contributed by atoms with E-state index >= 15 is 0 Å². The van der Waals surface area contributed by atoms with Gasteiger partial charge in [-0.05, 0) is 76.3 Å². The minimum atomic E-state index is -0.369. The Morgan fingerprint density at radius 1 is 0.333 bits per heavy atom. The molecule has 12 aromatic rings. The largest absolute Gasteiger partial charge is 0.496 e. The first-order valence-corrected chi connectivity index (χ1v) is 37.8. The first kappa shape index (κ1) is 101. The molecule has 9 heteroatoms. The molecule has 0 unspecified atom stereocenters. The van der Waals surface area contributed by atoms with Crippen LogP contribution in [0.5, 0.6) is 0 Å². The Morgan fingerprint density at radius 2 is 0.695 bits per heavy atom. The fraction of sp³-hybridized carbons (Fsp3) is 0.312. The second-order valence-electron chi connectivity index (χ2n) is 22.7. The van der Waals surface area contributed by atoms with Crippen molar-refractivity contribution in [3.63, 3.8) is 0 Å². The van der Waals surface area contributed by atoms with Gasteiger partial charge in [-0.1, -0.05) is 277 Å². The number of nitrogen functional groups attached to an aromatic ring is 2. The number of benzene rings is 12. The molecule has 551 valence electrons. The van der Waals surface area contributed by atoms with Gasteiger partial charge in [0.1, 0.15) is 0 Å². The number of fused-ring (bicyclic) bond motifs is 5. The molecule has 14 rings (SSSR count). The molecule has 0 atom stereocenters. The summed E-state index contributed by atoms with van der Waals surface area (Å²) < 4.78 is 11.9. The maximum atomic E-state index is 6.25. The van der Waals surface area contributed by atoms with E-state index in [4.69, 9.17) is 20.8 Å². The number of rotatable bonds is 6. The molecular weight excluding hydrogens is 1500 g/mol. The van der Waals surface area contributed by atoms with Gasteiger partial charge in [-0.2, -0.15) is 160 Å². The molecule has 0 bridgehead atoms. The van der Waals surface area contributed by atoms with E-state index in [1.54, 1.807) is 0 Å². The van der Waals surface area contributed by atoms with E-state index in [1.165, 1.54) is 93.5 Å². The van der Waals surface area contributed by atoms with Crippen LogP contribution in [-0.2, 0) is 127 Å². The molecule has 105 heavy (non-hydrogen) atoms. The Bertz CT molecular complexity index is 4300. The van der Waals surface area contributed by atoms with Crippen LogP contribution in [0.1, 0.15) is 202 Å². The molecule has 1 fully saturated rings. The minimum Gasteiger partial charge on any atom is -0.408 e. The summed E-state index contributed by atoms with van der Waals surface area (Å²) in [4.78, 5) is 0. The van der Waals surface area contributed by atoms with Gasteiger partial charge >= 0.3 is 7.12 Å². The minimum absolute atomic E-state index is 0. The summed E-state index contributed by atoms with van der Waals surface area (Å²) in [5, 5.41) is 11.2. The molecule has 2 aliphatic rings. The molecule has 2 heterocycles. The Balaban J connectivity index is 0. The maximum absolute atomic E-state index is 6.25. The van der Waals surface area contributed by atoms with Gasteiger partial charge in [0.15, 0.2) is 0 Å². The van der Waals surface area contributed by atoms with Crippen molar-refractivity contribution in [1.82, 2.24) is 0 Å². The average molecular weight is 1630 g/mol. The standard InChI is InChI=1S/C24H19N.C23H15N.C19H16.C12H18BNO2.9C2H6.3Y/c1-17-8-2-3-9-19(17)16-20-12-6-10-18-11-7-14-22(24(18)20)21-13-4-5-15-23(21)25;1-3-13-21-17(7-1)15-18-10-5-8-16-9-6-12-20(23(16)18)19-11-2-4-14-22(19)24-21;1-14-7-3-4-9-17(14)13-18-12-6-11-16-10-5-8-15(2)19(16)18;1-11(2)12(3,4)16-13(15-11)9-7-5-6-8-10(9)14;9*1-2;;;/h2-8,10-11,13-15H,16,25H2,1H3;1-6,8-9,11-14,24H,15H2;3-8,10-11H,13H2,1-2H3;5-8H,14H2,1-4H3;9*1-2H3;;;/q3*-2;;;;;;;;;;;;;. The monoisotopic (exact) mass is 1630 g/mol. The molecule has 0 aliphatic carbocycles. The molecule has 0 saturated carbocycles. The van der Waals surface area contributed by atoms with Crippen molar-refractivity contribution in [2.45, 2.75) is 204 Å². The van der Waals surface area contributed by atoms with Crippen LogP contribution in [0.2, 0.25) is 0 Å². The molecule has 12 aromatic carbocycles. The first-order valence-electron chi connectivity index (χ1n) is 37.8. The quantitative estimate of drug-likeness (QED) is 0.0878. The number of nitrogens with one attached hydrogen (secondary N) is 1. The van der Waals surface area contributed by atoms with E-state index in [2.05, 4.69) is 184 Å². The van der Waals surface area contributed by atoms with Crippen molar-refractivity contribution >= 4 is 67.6 Å². The summed E-state index contributed by atoms with van der Waals surface area (Å²) in [6.45, 7) is 50.6. The zero-order valence-corrected chi connectivity index (χ0v) is 77.2. The van der Waals surface area contributed by atoms with Crippen molar-refractivity contribution in [3.05, 3.63) is 305 Å². The summed E-state index contributed by atoms with van der Waals surface area (Å²) in [6.07, 6.45) is 2.54. The van der Waals surface area contributed by atoms with Crippen LogP contribution in [0.25, 0.3) is 54.6 Å². The maximum Gasteiger partial charge on any atom is 0.496 e. The smallest absolute Gasteiger partial charge is 0.408 e. The van der Waals surface area contributed by atoms with Gasteiger partial charge in [-0.3, -0.25) is 0 Å². The van der Waals surface area contributed by atoms with Crippen LogP contribution in [0.3, 0.4) is 0 Å². The van der Waals surface area contributed by atoms with Crippen molar-refractivity contribution in [2.75, 3.05) is 16.8 Å². The predicted molar refractivity (Wildman–Crippen MR) is 454 cm³/mol. The van der Waals surface area contributed by atoms with Crippen LogP contribution < -0.4 is 22.2 Å². The van der Waals surface area contributed by atoms with Crippen molar-refractivity contribution in [2.24, 2.45) is 0 Å². The number of para-hydroxylation sites is 3. The zero-order chi connectivity index (χ0) is 76.4. The predicted octanol–water partition coefficient (Wildman–Crippen LogP) is 26.8. The van der Waals surface area contributed by atoms with Gasteiger partial charge in [0.05, 0.1) is 11.2 Å². The van der Waals surface area contributed by atoms with Crippen LogP contribution >= 0.6 is 0 Å². The summed E-state index contributed by atoms with van der Waals surface area (Å²) in [6, 6.07) is 94.9. The van der Waals surface area contributed by atoms with Crippen molar-refractivity contribution in [1.29, 1.82) is 0 Å². The number of hydrogen-bond donors (Lipinski definition) is 3. The van der Waals surface area contributed by atoms with Gasteiger partial charge in [0.25, 0.3) is 0 Å². The summed E-state index contributed by atoms with van der Waals surface area (Å²) in [5.41, 5.74) is 32.1. The van der Waals surface area contributed by atoms with E-state index in [0.29, 0.717) is 5.69 Å². The Kier molecular flexibility index (Phi) is 53.5.